The third kappa shape index (κ3) is 4.64. The fourth-order valence-corrected chi connectivity index (χ4v) is 2.86. The number of methoxy groups -OCH3 is 1. The Labute approximate surface area is 161 Å². The van der Waals surface area contributed by atoms with Crippen molar-refractivity contribution in [3.05, 3.63) is 54.3 Å². The van der Waals surface area contributed by atoms with Gasteiger partial charge in [-0.15, -0.1) is 0 Å². The summed E-state index contributed by atoms with van der Waals surface area (Å²) in [6.45, 7) is -0.299. The number of halogens is 1. The van der Waals surface area contributed by atoms with Gasteiger partial charge in [-0.05, 0) is 48.5 Å². The lowest BCUT2D eigenvalue weighted by Gasteiger charge is -2.16. The zero-order valence-electron chi connectivity index (χ0n) is 15.2. The SMILES string of the molecule is COc1ccc(N2C[C@H](C(=O)OCC(=O)Nc3ccc(F)cc3)CC2=O)cc1. The van der Waals surface area contributed by atoms with E-state index in [9.17, 15) is 18.8 Å². The second-order valence-corrected chi connectivity index (χ2v) is 6.27. The molecule has 0 radical (unpaired) electrons. The molecule has 1 saturated heterocycles. The second-order valence-electron chi connectivity index (χ2n) is 6.27. The summed E-state index contributed by atoms with van der Waals surface area (Å²) in [5.74, 6) is -1.75. The summed E-state index contributed by atoms with van der Waals surface area (Å²) in [5.41, 5.74) is 1.05. The molecule has 1 fully saturated rings. The van der Waals surface area contributed by atoms with Crippen molar-refractivity contribution >= 4 is 29.2 Å². The van der Waals surface area contributed by atoms with Crippen molar-refractivity contribution in [1.29, 1.82) is 0 Å². The van der Waals surface area contributed by atoms with Crippen LogP contribution >= 0.6 is 0 Å². The van der Waals surface area contributed by atoms with E-state index in [2.05, 4.69) is 5.32 Å². The van der Waals surface area contributed by atoms with Crippen LogP contribution in [0.4, 0.5) is 15.8 Å². The van der Waals surface area contributed by atoms with E-state index in [1.54, 1.807) is 31.4 Å². The monoisotopic (exact) mass is 386 g/mol. The van der Waals surface area contributed by atoms with E-state index in [-0.39, 0.29) is 18.9 Å². The molecule has 8 heteroatoms. The van der Waals surface area contributed by atoms with Gasteiger partial charge in [-0.2, -0.15) is 0 Å². The molecule has 0 unspecified atom stereocenters. The fraction of sp³-hybridized carbons (Fsp3) is 0.250. The van der Waals surface area contributed by atoms with Crippen LogP contribution in [-0.2, 0) is 19.1 Å². The summed E-state index contributed by atoms with van der Waals surface area (Å²) in [6.07, 6.45) is 0.0183. The summed E-state index contributed by atoms with van der Waals surface area (Å²) in [4.78, 5) is 37.8. The van der Waals surface area contributed by atoms with Gasteiger partial charge in [-0.3, -0.25) is 14.4 Å². The summed E-state index contributed by atoms with van der Waals surface area (Å²) >= 11 is 0. The average Bonchev–Trinajstić information content (AvgIpc) is 3.10. The highest BCUT2D eigenvalue weighted by molar-refractivity contribution is 6.00. The van der Waals surface area contributed by atoms with Crippen molar-refractivity contribution in [1.82, 2.24) is 0 Å². The van der Waals surface area contributed by atoms with Crippen molar-refractivity contribution < 1.29 is 28.2 Å². The first kappa shape index (κ1) is 19.3. The van der Waals surface area contributed by atoms with Gasteiger partial charge in [0.2, 0.25) is 5.91 Å². The number of hydrogen-bond donors (Lipinski definition) is 1. The molecule has 1 aliphatic rings. The lowest BCUT2D eigenvalue weighted by Crippen LogP contribution is -2.28. The second kappa shape index (κ2) is 8.51. The highest BCUT2D eigenvalue weighted by atomic mass is 19.1. The minimum absolute atomic E-state index is 0.0183. The molecule has 0 saturated carbocycles. The van der Waals surface area contributed by atoms with E-state index in [0.717, 1.165) is 0 Å². The minimum atomic E-state index is -0.645. The van der Waals surface area contributed by atoms with Crippen LogP contribution in [-0.4, -0.2) is 38.0 Å². The topological polar surface area (TPSA) is 84.9 Å². The molecule has 0 bridgehead atoms. The van der Waals surface area contributed by atoms with Crippen LogP contribution in [0.5, 0.6) is 5.75 Å². The fourth-order valence-electron chi connectivity index (χ4n) is 2.86. The van der Waals surface area contributed by atoms with Crippen LogP contribution in [0.25, 0.3) is 0 Å². The van der Waals surface area contributed by atoms with Crippen molar-refractivity contribution in [3.63, 3.8) is 0 Å². The molecule has 28 heavy (non-hydrogen) atoms. The van der Waals surface area contributed by atoms with Gasteiger partial charge in [-0.1, -0.05) is 0 Å². The summed E-state index contributed by atoms with van der Waals surface area (Å²) in [7, 11) is 1.55. The number of ether oxygens (including phenoxy) is 2. The van der Waals surface area contributed by atoms with Gasteiger partial charge in [0.05, 0.1) is 13.0 Å². The van der Waals surface area contributed by atoms with Crippen LogP contribution in [0.2, 0.25) is 0 Å². The van der Waals surface area contributed by atoms with Crippen LogP contribution in [0.1, 0.15) is 6.42 Å². The number of rotatable bonds is 6. The maximum absolute atomic E-state index is 12.9. The highest BCUT2D eigenvalue weighted by Crippen LogP contribution is 2.27. The Kier molecular flexibility index (Phi) is 5.88. The predicted octanol–water partition coefficient (Wildman–Crippen LogP) is 2.37. The predicted molar refractivity (Wildman–Crippen MR) is 99.4 cm³/mol. The number of hydrogen-bond acceptors (Lipinski definition) is 5. The number of amides is 2. The Morgan fingerprint density at radius 2 is 1.82 bits per heavy atom. The number of carbonyl (C=O) groups excluding carboxylic acids is 3. The third-order valence-electron chi connectivity index (χ3n) is 4.32. The maximum Gasteiger partial charge on any atom is 0.311 e. The largest absolute Gasteiger partial charge is 0.497 e. The van der Waals surface area contributed by atoms with Crippen LogP contribution < -0.4 is 15.0 Å². The number of benzene rings is 2. The minimum Gasteiger partial charge on any atom is -0.497 e. The molecule has 1 aliphatic heterocycles. The molecular weight excluding hydrogens is 367 g/mol. The normalized spacial score (nSPS) is 16.0. The molecular formula is C20H19FN2O5. The Hall–Kier alpha value is -3.42. The zero-order valence-corrected chi connectivity index (χ0v) is 15.2. The molecule has 0 spiro atoms. The number of carbonyl (C=O) groups is 3. The first-order valence-corrected chi connectivity index (χ1v) is 8.62. The third-order valence-corrected chi connectivity index (χ3v) is 4.32. The molecule has 1 atom stereocenters. The number of nitrogens with one attached hydrogen (secondary N) is 1. The lowest BCUT2D eigenvalue weighted by atomic mass is 10.1. The van der Waals surface area contributed by atoms with E-state index in [1.807, 2.05) is 0 Å². The molecule has 0 aromatic heterocycles. The van der Waals surface area contributed by atoms with Gasteiger partial charge in [-0.25, -0.2) is 4.39 Å². The Morgan fingerprint density at radius 1 is 1.14 bits per heavy atom. The van der Waals surface area contributed by atoms with Gasteiger partial charge < -0.3 is 19.7 Å². The molecule has 146 valence electrons. The highest BCUT2D eigenvalue weighted by Gasteiger charge is 2.36. The molecule has 3 rings (SSSR count). The van der Waals surface area contributed by atoms with Crippen molar-refractivity contribution in [2.45, 2.75) is 6.42 Å². The number of nitrogens with zero attached hydrogens (tertiary/aromatic N) is 1. The standard InChI is InChI=1S/C20H19FN2O5/c1-27-17-8-6-16(7-9-17)23-11-13(10-19(23)25)20(26)28-12-18(24)22-15-4-2-14(21)3-5-15/h2-9,13H,10-12H2,1H3,(H,22,24)/t13-/m1/s1. The Bertz CT molecular complexity index is 867. The first-order chi connectivity index (χ1) is 13.5. The summed E-state index contributed by atoms with van der Waals surface area (Å²) in [6, 6.07) is 12.1. The van der Waals surface area contributed by atoms with Crippen LogP contribution in [0.15, 0.2) is 48.5 Å². The summed E-state index contributed by atoms with van der Waals surface area (Å²) < 4.78 is 23.0. The van der Waals surface area contributed by atoms with Gasteiger partial charge >= 0.3 is 5.97 Å². The quantitative estimate of drug-likeness (QED) is 0.771. The smallest absolute Gasteiger partial charge is 0.311 e. The van der Waals surface area contributed by atoms with Gasteiger partial charge in [0.25, 0.3) is 5.91 Å². The van der Waals surface area contributed by atoms with Crippen LogP contribution in [0, 0.1) is 11.7 Å². The molecule has 2 aromatic carbocycles. The molecule has 2 aromatic rings. The van der Waals surface area contributed by atoms with Crippen molar-refractivity contribution in [2.75, 3.05) is 30.5 Å². The average molecular weight is 386 g/mol. The maximum atomic E-state index is 12.9. The molecule has 1 heterocycles. The van der Waals surface area contributed by atoms with E-state index in [4.69, 9.17) is 9.47 Å². The van der Waals surface area contributed by atoms with Crippen molar-refractivity contribution in [2.24, 2.45) is 5.92 Å². The van der Waals surface area contributed by atoms with E-state index in [1.165, 1.54) is 29.2 Å². The number of anilines is 2. The molecule has 7 nitrogen and oxygen atoms in total. The Balaban J connectivity index is 1.51. The first-order valence-electron chi connectivity index (χ1n) is 8.62. The van der Waals surface area contributed by atoms with Crippen molar-refractivity contribution in [3.8, 4) is 5.75 Å². The van der Waals surface area contributed by atoms with Crippen LogP contribution in [0.3, 0.4) is 0 Å². The van der Waals surface area contributed by atoms with E-state index >= 15 is 0 Å². The van der Waals surface area contributed by atoms with E-state index < -0.39 is 30.2 Å². The molecule has 1 N–H and O–H groups in total. The lowest BCUT2D eigenvalue weighted by molar-refractivity contribution is -0.151. The van der Waals surface area contributed by atoms with Gasteiger partial charge in [0, 0.05) is 24.3 Å². The van der Waals surface area contributed by atoms with E-state index in [0.29, 0.717) is 17.1 Å². The zero-order chi connectivity index (χ0) is 20.1. The molecule has 0 aliphatic carbocycles. The number of esters is 1. The van der Waals surface area contributed by atoms with Gasteiger partial charge in [0.1, 0.15) is 11.6 Å². The van der Waals surface area contributed by atoms with Gasteiger partial charge in [0.15, 0.2) is 6.61 Å². The Morgan fingerprint density at radius 3 is 2.46 bits per heavy atom. The summed E-state index contributed by atoms with van der Waals surface area (Å²) in [5, 5.41) is 2.50. The molecule has 2 amide bonds.